The lowest BCUT2D eigenvalue weighted by atomic mass is 10.2. The van der Waals surface area contributed by atoms with Crippen LogP contribution >= 0.6 is 7.82 Å². The summed E-state index contributed by atoms with van der Waals surface area (Å²) in [6.07, 6.45) is 0.675. The van der Waals surface area contributed by atoms with Gasteiger partial charge in [0.05, 0.1) is 0 Å². The largest absolute Gasteiger partial charge is 0.745 e. The highest BCUT2D eigenvalue weighted by Gasteiger charge is 2.14. The minimum atomic E-state index is -4.81. The van der Waals surface area contributed by atoms with E-state index in [4.69, 9.17) is 22.3 Å². The SMILES string of the molecule is CC(N)CCCNC(N)=O.NC(=O)OP(=O)([O-])ONCCCC(N)C(=O)O. The smallest absolute Gasteiger partial charge is 0.410 e. The molecule has 14 nitrogen and oxygen atoms in total. The van der Waals surface area contributed by atoms with E-state index in [1.807, 2.05) is 12.4 Å². The van der Waals surface area contributed by atoms with Gasteiger partial charge in [-0.3, -0.25) is 9.36 Å². The molecule has 0 saturated carbocycles. The maximum absolute atomic E-state index is 10.7. The fraction of sp³-hybridized carbons (Fsp3) is 0.750. The highest BCUT2D eigenvalue weighted by Crippen LogP contribution is 2.36. The molecule has 11 N–H and O–H groups in total. The molecule has 0 aliphatic heterocycles. The maximum atomic E-state index is 10.7. The van der Waals surface area contributed by atoms with Crippen molar-refractivity contribution in [3.63, 3.8) is 0 Å². The number of hydroxylamine groups is 1. The van der Waals surface area contributed by atoms with E-state index in [0.29, 0.717) is 6.54 Å². The van der Waals surface area contributed by atoms with Crippen LogP contribution in [0.1, 0.15) is 32.6 Å². The molecule has 0 radical (unpaired) electrons. The standard InChI is InChI=1S/C6H14N3O7P.C6H15N3O/c7-4(5(10)11)2-1-3-9-16-17(13,14)15-6(8)12;1-5(7)3-2-4-9-6(8)10/h4,9H,1-3,7H2,(H2,8,12)(H,10,11)(H,13,14);5H,2-4,7H2,1H3,(H3,8,9,10)/p-1. The van der Waals surface area contributed by atoms with Crippen molar-refractivity contribution < 1.29 is 38.1 Å². The quantitative estimate of drug-likeness (QED) is 0.105. The first-order valence-electron chi connectivity index (χ1n) is 7.86. The van der Waals surface area contributed by atoms with Crippen molar-refractivity contribution in [3.8, 4) is 0 Å². The van der Waals surface area contributed by atoms with Gasteiger partial charge in [-0.2, -0.15) is 5.48 Å². The molecule has 3 unspecified atom stereocenters. The Bertz CT molecular complexity index is 506. The number of hydrogen-bond donors (Lipinski definition) is 7. The molecule has 0 saturated heterocycles. The number of carboxylic acid groups (broad SMARTS) is 1. The first kappa shape index (κ1) is 27.3. The average molecular weight is 415 g/mol. The number of nitrogens with two attached hydrogens (primary N) is 4. The number of phosphoric ester groups is 1. The summed E-state index contributed by atoms with van der Waals surface area (Å²) in [5.74, 6) is -1.16. The van der Waals surface area contributed by atoms with Crippen LogP contribution in [0, 0.1) is 0 Å². The second kappa shape index (κ2) is 15.1. The van der Waals surface area contributed by atoms with Gasteiger partial charge in [0, 0.05) is 19.1 Å². The van der Waals surface area contributed by atoms with E-state index in [2.05, 4.69) is 20.2 Å². The van der Waals surface area contributed by atoms with Crippen molar-refractivity contribution in [1.29, 1.82) is 0 Å². The summed E-state index contributed by atoms with van der Waals surface area (Å²) < 4.78 is 18.4. The number of rotatable bonds is 12. The molecule has 0 fully saturated rings. The van der Waals surface area contributed by atoms with E-state index in [1.165, 1.54) is 0 Å². The molecule has 0 heterocycles. The molecule has 0 rings (SSSR count). The number of phosphoric acid groups is 1. The number of carbonyl (C=O) groups excluding carboxylic acids is 2. The maximum Gasteiger partial charge on any atom is 0.410 e. The molecule has 3 amide bonds. The summed E-state index contributed by atoms with van der Waals surface area (Å²) in [5, 5.41) is 10.9. The Morgan fingerprint density at radius 1 is 1.15 bits per heavy atom. The predicted molar refractivity (Wildman–Crippen MR) is 92.7 cm³/mol. The van der Waals surface area contributed by atoms with Crippen molar-refractivity contribution in [1.82, 2.24) is 10.8 Å². The zero-order chi connectivity index (χ0) is 21.5. The highest BCUT2D eigenvalue weighted by molar-refractivity contribution is 7.46. The number of hydrogen-bond acceptors (Lipinski definition) is 10. The molecule has 0 aliphatic carbocycles. The zero-order valence-corrected chi connectivity index (χ0v) is 15.9. The number of carbonyl (C=O) groups is 3. The molecule has 0 aromatic heterocycles. The second-order valence-corrected chi connectivity index (χ2v) is 6.60. The molecule has 27 heavy (non-hydrogen) atoms. The summed E-state index contributed by atoms with van der Waals surface area (Å²) in [6, 6.07) is -1.29. The average Bonchev–Trinajstić information content (AvgIpc) is 2.49. The van der Waals surface area contributed by atoms with Crippen molar-refractivity contribution in [2.75, 3.05) is 13.1 Å². The third-order valence-corrected chi connectivity index (χ3v) is 3.38. The molecular weight excluding hydrogens is 387 g/mol. The normalized spacial score (nSPS) is 14.7. The van der Waals surface area contributed by atoms with Gasteiger partial charge in [-0.1, -0.05) is 0 Å². The van der Waals surface area contributed by atoms with E-state index in [0.717, 1.165) is 12.8 Å². The van der Waals surface area contributed by atoms with Crippen LogP contribution in [0.3, 0.4) is 0 Å². The van der Waals surface area contributed by atoms with Crippen molar-refractivity contribution in [2.45, 2.75) is 44.7 Å². The van der Waals surface area contributed by atoms with Gasteiger partial charge in [0.15, 0.2) is 0 Å². The number of primary amides is 2. The first-order chi connectivity index (χ1) is 12.4. The summed E-state index contributed by atoms with van der Waals surface area (Å²) in [7, 11) is -4.81. The van der Waals surface area contributed by atoms with Crippen LogP contribution in [-0.4, -0.2) is 48.4 Å². The summed E-state index contributed by atoms with van der Waals surface area (Å²) in [4.78, 5) is 41.3. The molecule has 3 atom stereocenters. The molecule has 0 aromatic rings. The lowest BCUT2D eigenvalue weighted by Crippen LogP contribution is -2.31. The number of amides is 3. The zero-order valence-electron chi connectivity index (χ0n) is 15.0. The third-order valence-electron chi connectivity index (χ3n) is 2.62. The van der Waals surface area contributed by atoms with E-state index in [-0.39, 0.29) is 25.4 Å². The van der Waals surface area contributed by atoms with Crippen LogP contribution in [-0.2, 0) is 18.5 Å². The molecule has 0 bridgehead atoms. The summed E-state index contributed by atoms with van der Waals surface area (Å²) >= 11 is 0. The Morgan fingerprint density at radius 3 is 2.15 bits per heavy atom. The van der Waals surface area contributed by atoms with Crippen molar-refractivity contribution >= 4 is 25.9 Å². The van der Waals surface area contributed by atoms with E-state index in [1.54, 1.807) is 0 Å². The summed E-state index contributed by atoms with van der Waals surface area (Å²) in [5.41, 5.74) is 21.9. The second-order valence-electron chi connectivity index (χ2n) is 5.34. The van der Waals surface area contributed by atoms with Gasteiger partial charge in [-0.15, -0.1) is 0 Å². The van der Waals surface area contributed by atoms with Gasteiger partial charge in [-0.25, -0.2) is 14.2 Å². The fourth-order valence-corrected chi connectivity index (χ4v) is 1.91. The number of urea groups is 1. The van der Waals surface area contributed by atoms with Crippen LogP contribution in [0.5, 0.6) is 0 Å². The Morgan fingerprint density at radius 2 is 1.70 bits per heavy atom. The number of nitrogens with one attached hydrogen (secondary N) is 2. The van der Waals surface area contributed by atoms with Gasteiger partial charge in [0.25, 0.3) is 0 Å². The molecule has 0 aliphatic rings. The van der Waals surface area contributed by atoms with Crippen LogP contribution in [0.15, 0.2) is 0 Å². The topological polar surface area (TPSA) is 258 Å². The number of aliphatic carboxylic acids is 1. The Labute approximate surface area is 156 Å². The van der Waals surface area contributed by atoms with Gasteiger partial charge < -0.3 is 42.8 Å². The van der Waals surface area contributed by atoms with E-state index < -0.39 is 32.0 Å². The van der Waals surface area contributed by atoms with Crippen LogP contribution in [0.4, 0.5) is 9.59 Å². The molecular formula is C12H28N6O8P-. The minimum absolute atomic E-state index is 0.00926. The van der Waals surface area contributed by atoms with Crippen molar-refractivity contribution in [3.05, 3.63) is 0 Å². The van der Waals surface area contributed by atoms with Gasteiger partial charge in [-0.05, 0) is 32.6 Å². The monoisotopic (exact) mass is 415 g/mol. The Hall–Kier alpha value is -1.96. The van der Waals surface area contributed by atoms with Crippen LogP contribution < -0.4 is 38.6 Å². The summed E-state index contributed by atoms with van der Waals surface area (Å²) in [6.45, 7) is 2.57. The highest BCUT2D eigenvalue weighted by atomic mass is 31.2. The van der Waals surface area contributed by atoms with E-state index in [9.17, 15) is 23.8 Å². The minimum Gasteiger partial charge on any atom is -0.745 e. The Balaban J connectivity index is 0. The molecule has 0 aromatic carbocycles. The van der Waals surface area contributed by atoms with Crippen molar-refractivity contribution in [2.24, 2.45) is 22.9 Å². The molecule has 160 valence electrons. The van der Waals surface area contributed by atoms with Gasteiger partial charge in [0.2, 0.25) is 0 Å². The third kappa shape index (κ3) is 22.0. The lowest BCUT2D eigenvalue weighted by Gasteiger charge is -2.20. The number of carboxylic acids is 1. The molecule has 15 heteroatoms. The fourth-order valence-electron chi connectivity index (χ4n) is 1.41. The van der Waals surface area contributed by atoms with E-state index >= 15 is 0 Å². The predicted octanol–water partition coefficient (Wildman–Crippen LogP) is -1.95. The van der Waals surface area contributed by atoms with Gasteiger partial charge in [0.1, 0.15) is 6.04 Å². The molecule has 0 spiro atoms. The Kier molecular flexibility index (Phi) is 15.3. The first-order valence-corrected chi connectivity index (χ1v) is 9.32. The van der Waals surface area contributed by atoms with Crippen LogP contribution in [0.25, 0.3) is 0 Å². The van der Waals surface area contributed by atoms with Crippen LogP contribution in [0.2, 0.25) is 0 Å². The lowest BCUT2D eigenvalue weighted by molar-refractivity contribution is -0.225. The van der Waals surface area contributed by atoms with Gasteiger partial charge >= 0.3 is 25.9 Å².